The van der Waals surface area contributed by atoms with Gasteiger partial charge >= 0.3 is 7.12 Å². The number of nitrogens with zero attached hydrogens (tertiary/aromatic N) is 18. The molecule has 2 N–H and O–H groups in total. The van der Waals surface area contributed by atoms with Crippen molar-refractivity contribution in [1.82, 2.24) is 87.6 Å². The van der Waals surface area contributed by atoms with Gasteiger partial charge in [-0.3, -0.25) is 8.42 Å². The van der Waals surface area contributed by atoms with Crippen molar-refractivity contribution in [2.75, 3.05) is 25.0 Å². The monoisotopic (exact) mass is 1480 g/mol. The topological polar surface area (TPSA) is 256 Å². The maximum absolute atomic E-state index is 11.1. The summed E-state index contributed by atoms with van der Waals surface area (Å²) in [7, 11) is -3.43. The van der Waals surface area contributed by atoms with Crippen LogP contribution in [0, 0.1) is 34.6 Å². The van der Waals surface area contributed by atoms with E-state index in [1.165, 1.54) is 18.6 Å². The Bertz CT molecular complexity index is 3680. The number of halogens is 4. The number of fused-ring (bicyclic) bond motifs is 6. The Morgan fingerprint density at radius 1 is 0.432 bits per heavy atom. The van der Waals surface area contributed by atoms with E-state index < -0.39 is 28.7 Å². The molecular formula is C50H65BBr3IN18O4S4. The molecule has 0 saturated heterocycles. The molecule has 2 unspecified atom stereocenters. The first-order valence-corrected chi connectivity index (χ1v) is 31.2. The first kappa shape index (κ1) is 72.0. The molecule has 12 heterocycles. The number of hydrogen-bond acceptors (Lipinski definition) is 18. The second-order valence-electron chi connectivity index (χ2n) is 15.6. The maximum Gasteiger partial charge on any atom is 0.448 e. The Hall–Kier alpha value is -5.13. The summed E-state index contributed by atoms with van der Waals surface area (Å²) in [5.41, 5.74) is 9.20. The van der Waals surface area contributed by atoms with Crippen molar-refractivity contribution in [2.24, 2.45) is 0 Å². The molecule has 0 saturated carbocycles. The van der Waals surface area contributed by atoms with Crippen LogP contribution >= 0.6 is 95.3 Å². The molecule has 12 aromatic heterocycles. The Morgan fingerprint density at radius 3 is 1.04 bits per heavy atom. The molecule has 2 atom stereocenters. The van der Waals surface area contributed by atoms with Crippen LogP contribution < -0.4 is 0 Å². The van der Waals surface area contributed by atoms with Crippen LogP contribution in [0.15, 0.2) is 144 Å². The molecule has 0 bridgehead atoms. The van der Waals surface area contributed by atoms with E-state index in [1.54, 1.807) is 51.9 Å². The highest BCUT2D eigenvalue weighted by atomic mass is 127. The van der Waals surface area contributed by atoms with Gasteiger partial charge in [-0.15, -0.1) is 44.4 Å². The molecule has 0 aliphatic heterocycles. The summed E-state index contributed by atoms with van der Waals surface area (Å²) in [5.74, 6) is 1.58. The van der Waals surface area contributed by atoms with Crippen LogP contribution in [0.2, 0.25) is 6.82 Å². The van der Waals surface area contributed by atoms with Gasteiger partial charge in [-0.1, -0.05) is 52.2 Å². The molecule has 0 fully saturated rings. The van der Waals surface area contributed by atoms with Gasteiger partial charge in [0.25, 0.3) is 0 Å². The number of thioether (sulfide) groups is 2. The zero-order valence-corrected chi connectivity index (χ0v) is 55.3. The predicted octanol–water partition coefficient (Wildman–Crippen LogP) is 11.1. The van der Waals surface area contributed by atoms with E-state index in [9.17, 15) is 8.42 Å². The minimum Gasteiger partial charge on any atom is -0.427 e. The molecule has 12 rings (SSSR count). The molecule has 81 heavy (non-hydrogen) atoms. The second kappa shape index (κ2) is 35.1. The van der Waals surface area contributed by atoms with Crippen molar-refractivity contribution < 1.29 is 18.5 Å². The van der Waals surface area contributed by atoms with E-state index in [4.69, 9.17) is 10.0 Å². The normalized spacial score (nSPS) is 10.8. The first-order chi connectivity index (χ1) is 37.3. The van der Waals surface area contributed by atoms with E-state index >= 15 is 0 Å². The highest BCUT2D eigenvalue weighted by molar-refractivity contribution is 14.0. The molecule has 0 aromatic carbocycles. The highest BCUT2D eigenvalue weighted by Crippen LogP contribution is 2.17. The van der Waals surface area contributed by atoms with Crippen LogP contribution in [0.1, 0.15) is 57.4 Å². The molecular weight excluding hydrogens is 1420 g/mol. The average Bonchev–Trinajstić information content (AvgIpc) is 4.32. The highest BCUT2D eigenvalue weighted by Gasteiger charge is 2.07. The van der Waals surface area contributed by atoms with Crippen molar-refractivity contribution in [3.8, 4) is 0 Å². The lowest BCUT2D eigenvalue weighted by molar-refractivity contribution is 0.417. The molecule has 0 aliphatic rings. The fraction of sp³-hybridized carbons (Fsp3) is 0.280. The summed E-state index contributed by atoms with van der Waals surface area (Å²) < 4.78 is 35.7. The van der Waals surface area contributed by atoms with E-state index in [-0.39, 0.29) is 38.8 Å². The maximum atomic E-state index is 11.1. The summed E-state index contributed by atoms with van der Waals surface area (Å²) >= 11 is 13.2. The van der Waals surface area contributed by atoms with Crippen molar-refractivity contribution in [1.29, 1.82) is 0 Å². The predicted molar refractivity (Wildman–Crippen MR) is 349 cm³/mol. The Balaban J connectivity index is 0.000000323. The molecule has 12 aromatic rings. The Kier molecular flexibility index (Phi) is 31.2. The smallest absolute Gasteiger partial charge is 0.427 e. The van der Waals surface area contributed by atoms with Crippen molar-refractivity contribution in [3.63, 3.8) is 0 Å². The third kappa shape index (κ3) is 20.6. The molecule has 0 radical (unpaired) electrons. The van der Waals surface area contributed by atoms with Gasteiger partial charge in [0, 0.05) is 29.6 Å². The van der Waals surface area contributed by atoms with E-state index in [1.807, 2.05) is 170 Å². The molecule has 31 heteroatoms. The van der Waals surface area contributed by atoms with Crippen LogP contribution in [0.3, 0.4) is 0 Å². The van der Waals surface area contributed by atoms with Crippen molar-refractivity contribution >= 4 is 157 Å². The number of aryl methyl sites for hydroxylation is 5. The molecule has 434 valence electrons. The fourth-order valence-corrected chi connectivity index (χ4v) is 8.95. The summed E-state index contributed by atoms with van der Waals surface area (Å²) in [4.78, 5) is 24.4. The standard InChI is InChI=1S/C8H9N3OS.C8H9N3S.C8H9N3.C7H6BrN3OS.C7H6BrN3S.C7H6BrN3.C2H6.CH5BO2.2CH4.HI/c1-6-3-4-7-5-9-8(13(2)12)10-11(6)7;1-6-3-4-7-5-9-8(12-2)10-11(6)7;1-6-3-4-8-5-9-7(2)10-11(6)8;1-13(12)7-9-4-5-2-3-6(8)11(5)10-7;1-12-7-9-4-5-2-3-6(8)11(5)10-7;1-5-9-4-6-2-3-7(8)11(6)10-5;1-2;1-2(3)4;;;/h3-5H,1-2H3;3-5H,1-2H3;3-5H,1-2H3;2-4H,1H3;2-4H,1H3;2-4H,1H3;1-2H3;3-4H,1H3;2*1H4;1H. The lowest BCUT2D eigenvalue weighted by Crippen LogP contribution is -2.03. The SMILES string of the molecule is C.C.CB(O)O.CC.CS(=O)c1ncc2ccc(Br)n2n1.CSc1ncc2ccc(Br)n2n1.CSc1ncc2ccc(C)n2n1.Cc1ccc2cnc(S(C)=O)nn12.Cc1ncc2ccc(Br)n2n1.Cc1ncc2ccc(C)n2n1.I. The lowest BCUT2D eigenvalue weighted by Gasteiger charge is -1.98. The van der Waals surface area contributed by atoms with Crippen LogP contribution in [0.25, 0.3) is 33.1 Å². The van der Waals surface area contributed by atoms with Gasteiger partial charge in [0.2, 0.25) is 20.6 Å². The summed E-state index contributed by atoms with van der Waals surface area (Å²) in [5, 5.41) is 42.8. The van der Waals surface area contributed by atoms with E-state index in [2.05, 4.69) is 108 Å². The summed E-state index contributed by atoms with van der Waals surface area (Å²) in [6.07, 6.45) is 17.7. The molecule has 0 amide bonds. The molecule has 0 aliphatic carbocycles. The third-order valence-corrected chi connectivity index (χ3v) is 14.2. The fourth-order valence-electron chi connectivity index (χ4n) is 6.26. The Morgan fingerprint density at radius 2 is 0.679 bits per heavy atom. The quantitative estimate of drug-likeness (QED) is 0.0943. The summed E-state index contributed by atoms with van der Waals surface area (Å²) in [6, 6.07) is 23.5. The zero-order chi connectivity index (χ0) is 57.2. The van der Waals surface area contributed by atoms with E-state index in [0.717, 1.165) is 86.0 Å². The van der Waals surface area contributed by atoms with Crippen LogP contribution in [0.4, 0.5) is 0 Å². The number of rotatable bonds is 4. The van der Waals surface area contributed by atoms with Gasteiger partial charge in [0.15, 0.2) is 0 Å². The average molecular weight is 1490 g/mol. The van der Waals surface area contributed by atoms with Crippen molar-refractivity contribution in [2.45, 2.75) is 90.8 Å². The van der Waals surface area contributed by atoms with Crippen LogP contribution in [-0.2, 0) is 21.6 Å². The summed E-state index contributed by atoms with van der Waals surface area (Å²) in [6.45, 7) is 15.0. The largest absolute Gasteiger partial charge is 0.448 e. The minimum atomic E-state index is -1.17. The zero-order valence-electron chi connectivity index (χ0n) is 44.9. The van der Waals surface area contributed by atoms with Gasteiger partial charge in [0.1, 0.15) is 25.5 Å². The lowest BCUT2D eigenvalue weighted by atomic mass is 9.99. The van der Waals surface area contributed by atoms with Crippen LogP contribution in [-0.4, -0.2) is 138 Å². The third-order valence-electron chi connectivity index (χ3n) is 9.84. The Labute approximate surface area is 526 Å². The number of hydrogen-bond donors (Lipinski definition) is 2. The van der Waals surface area contributed by atoms with Gasteiger partial charge in [-0.25, -0.2) is 57.0 Å². The van der Waals surface area contributed by atoms with Gasteiger partial charge < -0.3 is 10.0 Å². The van der Waals surface area contributed by atoms with E-state index in [0.29, 0.717) is 10.3 Å². The molecule has 22 nitrogen and oxygen atoms in total. The van der Waals surface area contributed by atoms with Gasteiger partial charge in [0.05, 0.1) is 91.9 Å². The molecule has 0 spiro atoms. The second-order valence-corrected chi connectivity index (χ2v) is 22.2. The number of aromatic nitrogens is 18. The first-order valence-electron chi connectivity index (χ1n) is 23.3. The van der Waals surface area contributed by atoms with Gasteiger partial charge in [-0.2, -0.15) is 10.2 Å². The van der Waals surface area contributed by atoms with Crippen LogP contribution in [0.5, 0.6) is 0 Å². The van der Waals surface area contributed by atoms with Crippen molar-refractivity contribution in [3.05, 3.63) is 153 Å². The minimum absolute atomic E-state index is 0. The van der Waals surface area contributed by atoms with Gasteiger partial charge in [-0.05, 0) is 175 Å².